The van der Waals surface area contributed by atoms with Gasteiger partial charge in [0.1, 0.15) is 12.4 Å². The zero-order chi connectivity index (χ0) is 23.3. The lowest BCUT2D eigenvalue weighted by Gasteiger charge is -2.17. The Morgan fingerprint density at radius 2 is 1.03 bits per heavy atom. The Bertz CT molecular complexity index is 507. The minimum atomic E-state index is 0.624. The molecule has 1 aromatic rings. The van der Waals surface area contributed by atoms with Crippen LogP contribution in [0.4, 0.5) is 0 Å². The van der Waals surface area contributed by atoms with Gasteiger partial charge in [-0.1, -0.05) is 130 Å². The van der Waals surface area contributed by atoms with Crippen LogP contribution in [-0.4, -0.2) is 4.98 Å². The van der Waals surface area contributed by atoms with Crippen LogP contribution in [0.5, 0.6) is 0 Å². The summed E-state index contributed by atoms with van der Waals surface area (Å²) in [6.07, 6.45) is 33.9. The maximum absolute atomic E-state index is 3.65. The molecule has 0 aliphatic carbocycles. The van der Waals surface area contributed by atoms with Gasteiger partial charge in [-0.05, 0) is 32.6 Å². The van der Waals surface area contributed by atoms with Crippen molar-refractivity contribution >= 4 is 0 Å². The highest BCUT2D eigenvalue weighted by Gasteiger charge is 2.25. The predicted octanol–water partition coefficient (Wildman–Crippen LogP) is 10.2. The van der Waals surface area contributed by atoms with Gasteiger partial charge in [-0.3, -0.25) is 0 Å². The van der Waals surface area contributed by atoms with E-state index >= 15 is 0 Å². The third kappa shape index (κ3) is 13.7. The van der Waals surface area contributed by atoms with Gasteiger partial charge in [0.25, 0.3) is 5.82 Å². The second-order valence-corrected chi connectivity index (χ2v) is 10.5. The highest BCUT2D eigenvalue weighted by Crippen LogP contribution is 2.26. The van der Waals surface area contributed by atoms with Crippen molar-refractivity contribution in [1.29, 1.82) is 0 Å². The summed E-state index contributed by atoms with van der Waals surface area (Å²) in [5.41, 5.74) is 0. The highest BCUT2D eigenvalue weighted by molar-refractivity contribution is 4.90. The summed E-state index contributed by atoms with van der Waals surface area (Å²) in [4.78, 5) is 3.65. The molecule has 1 heterocycles. The van der Waals surface area contributed by atoms with Crippen LogP contribution in [0.25, 0.3) is 0 Å². The van der Waals surface area contributed by atoms with E-state index in [2.05, 4.69) is 49.6 Å². The first kappa shape index (κ1) is 29.2. The summed E-state index contributed by atoms with van der Waals surface area (Å²) in [5, 5.41) is 0. The molecule has 32 heavy (non-hydrogen) atoms. The van der Waals surface area contributed by atoms with Gasteiger partial charge in [0.2, 0.25) is 0 Å². The maximum Gasteiger partial charge on any atom is 0.257 e. The number of H-pyrrole nitrogens is 1. The van der Waals surface area contributed by atoms with Crippen molar-refractivity contribution < 1.29 is 4.57 Å². The highest BCUT2D eigenvalue weighted by atomic mass is 15.1. The average Bonchev–Trinajstić information content (AvgIpc) is 3.29. The van der Waals surface area contributed by atoms with E-state index < -0.39 is 0 Å². The van der Waals surface area contributed by atoms with Gasteiger partial charge >= 0.3 is 0 Å². The summed E-state index contributed by atoms with van der Waals surface area (Å²) >= 11 is 0. The van der Waals surface area contributed by atoms with Crippen LogP contribution in [0, 0.1) is 0 Å². The van der Waals surface area contributed by atoms with Gasteiger partial charge < -0.3 is 0 Å². The third-order valence-electron chi connectivity index (χ3n) is 7.39. The van der Waals surface area contributed by atoms with E-state index in [1.807, 2.05) is 0 Å². The van der Waals surface area contributed by atoms with Crippen LogP contribution < -0.4 is 4.57 Å². The fourth-order valence-corrected chi connectivity index (χ4v) is 5.18. The molecule has 0 amide bonds. The number of aromatic nitrogens is 2. The summed E-state index contributed by atoms with van der Waals surface area (Å²) in [5.74, 6) is 2.22. The van der Waals surface area contributed by atoms with Crippen molar-refractivity contribution in [2.75, 3.05) is 0 Å². The zero-order valence-corrected chi connectivity index (χ0v) is 22.6. The van der Waals surface area contributed by atoms with Crippen molar-refractivity contribution in [3.05, 3.63) is 18.2 Å². The minimum absolute atomic E-state index is 0.624. The number of nitrogens with zero attached hydrogens (tertiary/aromatic N) is 1. The lowest BCUT2D eigenvalue weighted by Crippen LogP contribution is -2.41. The van der Waals surface area contributed by atoms with Crippen molar-refractivity contribution in [2.24, 2.45) is 0 Å². The fourth-order valence-electron chi connectivity index (χ4n) is 5.18. The average molecular weight is 448 g/mol. The Kier molecular flexibility index (Phi) is 19.0. The topological polar surface area (TPSA) is 19.7 Å². The normalized spacial score (nSPS) is 13.5. The summed E-state index contributed by atoms with van der Waals surface area (Å²) < 4.78 is 2.58. The number of hydrogen-bond donors (Lipinski definition) is 1. The predicted molar refractivity (Wildman–Crippen MR) is 142 cm³/mol. The Balaban J connectivity index is 2.30. The Morgan fingerprint density at radius 3 is 1.59 bits per heavy atom. The Labute approximate surface area is 202 Å². The molecule has 1 rings (SSSR count). The largest absolute Gasteiger partial charge is 0.257 e. The van der Waals surface area contributed by atoms with Gasteiger partial charge in [0.15, 0.2) is 0 Å². The molecule has 0 aliphatic rings. The van der Waals surface area contributed by atoms with Crippen molar-refractivity contribution in [3.63, 3.8) is 0 Å². The van der Waals surface area contributed by atoms with Crippen LogP contribution in [0.3, 0.4) is 0 Å². The molecule has 2 unspecified atom stereocenters. The van der Waals surface area contributed by atoms with E-state index in [-0.39, 0.29) is 0 Å². The lowest BCUT2D eigenvalue weighted by molar-refractivity contribution is -0.727. The number of unbranched alkanes of at least 4 members (excludes halogenated alkanes) is 15. The van der Waals surface area contributed by atoms with Crippen LogP contribution in [0.2, 0.25) is 0 Å². The molecule has 0 saturated heterocycles. The molecule has 0 bridgehead atoms. The number of imidazole rings is 1. The first-order valence-corrected chi connectivity index (χ1v) is 14.8. The van der Waals surface area contributed by atoms with Crippen molar-refractivity contribution in [2.45, 2.75) is 174 Å². The number of hydrogen-bond acceptors (Lipinski definition) is 0. The molecule has 0 aliphatic heterocycles. The van der Waals surface area contributed by atoms with Crippen molar-refractivity contribution in [3.8, 4) is 0 Å². The molecule has 0 saturated carbocycles. The quantitative estimate of drug-likeness (QED) is 0.127. The summed E-state index contributed by atoms with van der Waals surface area (Å²) in [6.45, 7) is 9.36. The van der Waals surface area contributed by atoms with Crippen LogP contribution in [0.1, 0.15) is 180 Å². The van der Waals surface area contributed by atoms with E-state index in [0.29, 0.717) is 12.0 Å². The fraction of sp³-hybridized carbons (Fsp3) is 0.900. The maximum atomic E-state index is 3.65. The van der Waals surface area contributed by atoms with E-state index in [4.69, 9.17) is 0 Å². The summed E-state index contributed by atoms with van der Waals surface area (Å²) in [7, 11) is 0. The van der Waals surface area contributed by atoms with Crippen LogP contribution >= 0.6 is 0 Å². The van der Waals surface area contributed by atoms with Gasteiger partial charge in [0, 0.05) is 0 Å². The standard InChI is InChI=1S/C30H58N2/c1-5-8-11-13-14-15-16-17-18-19-20-22-25-29(24-10-7-3)30-31-26-27-32(30)28(4)23-21-12-9-6-2/h26-29H,5-25H2,1-4H3/p+1. The van der Waals surface area contributed by atoms with Crippen LogP contribution in [-0.2, 0) is 0 Å². The number of nitrogens with one attached hydrogen (secondary N) is 1. The third-order valence-corrected chi connectivity index (χ3v) is 7.39. The first-order valence-electron chi connectivity index (χ1n) is 14.8. The molecule has 0 radical (unpaired) electrons. The van der Waals surface area contributed by atoms with Gasteiger partial charge in [0.05, 0.1) is 12.0 Å². The van der Waals surface area contributed by atoms with E-state index in [1.54, 1.807) is 0 Å². The molecule has 2 nitrogen and oxygen atoms in total. The monoisotopic (exact) mass is 447 g/mol. The van der Waals surface area contributed by atoms with E-state index in [0.717, 1.165) is 0 Å². The second kappa shape index (κ2) is 20.8. The SMILES string of the molecule is CCCCCCCCCCCCCCC(CCCC)c1[nH]cc[n+]1C(C)CCCCCC. The molecule has 2 heteroatoms. The molecule has 0 aromatic carbocycles. The van der Waals surface area contributed by atoms with E-state index in [1.165, 1.54) is 141 Å². The van der Waals surface area contributed by atoms with Crippen LogP contribution in [0.15, 0.2) is 12.4 Å². The van der Waals surface area contributed by atoms with Gasteiger partial charge in [-0.25, -0.2) is 9.55 Å². The molecule has 1 N–H and O–H groups in total. The van der Waals surface area contributed by atoms with Gasteiger partial charge in [-0.15, -0.1) is 0 Å². The second-order valence-electron chi connectivity index (χ2n) is 10.5. The number of aromatic amines is 1. The van der Waals surface area contributed by atoms with Gasteiger partial charge in [-0.2, -0.15) is 0 Å². The Hall–Kier alpha value is -0.790. The Morgan fingerprint density at radius 1 is 0.594 bits per heavy atom. The smallest absolute Gasteiger partial charge is 0.247 e. The molecule has 2 atom stereocenters. The summed E-state index contributed by atoms with van der Waals surface area (Å²) in [6, 6.07) is 0.624. The molecule has 0 fully saturated rings. The molecule has 1 aromatic heterocycles. The minimum Gasteiger partial charge on any atom is -0.247 e. The first-order chi connectivity index (χ1) is 15.7. The molecule has 188 valence electrons. The molecule has 0 spiro atoms. The molecular formula is C30H59N2+. The number of rotatable bonds is 23. The molecular weight excluding hydrogens is 388 g/mol. The zero-order valence-electron chi connectivity index (χ0n) is 22.6. The van der Waals surface area contributed by atoms with Crippen molar-refractivity contribution in [1.82, 2.24) is 4.98 Å². The lowest BCUT2D eigenvalue weighted by atomic mass is 9.93. The van der Waals surface area contributed by atoms with E-state index in [9.17, 15) is 0 Å².